The number of rotatable bonds is 15. The van der Waals surface area contributed by atoms with Gasteiger partial charge in [-0.3, -0.25) is 14.4 Å². The number of nitrogens with zero attached hydrogens (tertiary/aromatic N) is 1. The molecule has 0 spiro atoms. The first kappa shape index (κ1) is 32.0. The summed E-state index contributed by atoms with van der Waals surface area (Å²) in [5, 5.41) is 6.09. The van der Waals surface area contributed by atoms with E-state index in [1.165, 1.54) is 0 Å². The summed E-state index contributed by atoms with van der Waals surface area (Å²) in [6.07, 6.45) is 2.71. The lowest BCUT2D eigenvalue weighted by atomic mass is 9.91. The van der Waals surface area contributed by atoms with E-state index in [2.05, 4.69) is 24.5 Å². The van der Waals surface area contributed by atoms with Crippen LogP contribution in [0.3, 0.4) is 0 Å². The first-order valence-corrected chi connectivity index (χ1v) is 14.3. The summed E-state index contributed by atoms with van der Waals surface area (Å²) in [5.74, 6) is -0.314. The largest absolute Gasteiger partial charge is 0.356 e. The minimum Gasteiger partial charge on any atom is -0.356 e. The Bertz CT molecular complexity index is 1060. The molecule has 0 heterocycles. The third kappa shape index (κ3) is 10.5. The number of nitrogens with one attached hydrogen (secondary N) is 2. The fourth-order valence-electron chi connectivity index (χ4n) is 4.53. The van der Waals surface area contributed by atoms with Crippen molar-refractivity contribution in [3.05, 3.63) is 70.8 Å². The van der Waals surface area contributed by atoms with Crippen molar-refractivity contribution in [2.75, 3.05) is 19.6 Å². The second kappa shape index (κ2) is 16.0. The van der Waals surface area contributed by atoms with Crippen LogP contribution in [0.5, 0.6) is 0 Å². The van der Waals surface area contributed by atoms with Crippen molar-refractivity contribution in [2.45, 2.75) is 79.3 Å². The number of benzene rings is 2. The Balaban J connectivity index is 2.22. The molecule has 0 fully saturated rings. The van der Waals surface area contributed by atoms with Crippen LogP contribution >= 0.6 is 0 Å². The zero-order valence-electron chi connectivity index (χ0n) is 24.6. The number of carbonyl (C=O) groups is 3. The normalized spacial score (nSPS) is 13.4. The summed E-state index contributed by atoms with van der Waals surface area (Å²) < 4.78 is 0. The molecule has 0 aliphatic heterocycles. The molecule has 39 heavy (non-hydrogen) atoms. The van der Waals surface area contributed by atoms with E-state index in [9.17, 15) is 14.4 Å². The lowest BCUT2D eigenvalue weighted by molar-refractivity contribution is -0.125. The van der Waals surface area contributed by atoms with E-state index < -0.39 is 12.1 Å². The van der Waals surface area contributed by atoms with E-state index in [4.69, 9.17) is 5.73 Å². The summed E-state index contributed by atoms with van der Waals surface area (Å²) in [6, 6.07) is 14.2. The van der Waals surface area contributed by atoms with Crippen LogP contribution in [0.15, 0.2) is 48.5 Å². The fourth-order valence-corrected chi connectivity index (χ4v) is 4.53. The van der Waals surface area contributed by atoms with E-state index in [1.807, 2.05) is 56.9 Å². The van der Waals surface area contributed by atoms with Gasteiger partial charge < -0.3 is 21.3 Å². The van der Waals surface area contributed by atoms with Crippen molar-refractivity contribution >= 4 is 17.7 Å². The molecule has 7 nitrogen and oxygen atoms in total. The van der Waals surface area contributed by atoms with Gasteiger partial charge in [-0.05, 0) is 62.3 Å². The van der Waals surface area contributed by atoms with Gasteiger partial charge in [0, 0.05) is 48.8 Å². The van der Waals surface area contributed by atoms with Crippen LogP contribution in [0.1, 0.15) is 85.7 Å². The van der Waals surface area contributed by atoms with Crippen molar-refractivity contribution in [2.24, 2.45) is 17.6 Å². The predicted octanol–water partition coefficient (Wildman–Crippen LogP) is 4.72. The quantitative estimate of drug-likeness (QED) is 0.306. The van der Waals surface area contributed by atoms with Crippen LogP contribution in [-0.2, 0) is 11.2 Å². The van der Waals surface area contributed by atoms with E-state index in [-0.39, 0.29) is 23.6 Å². The molecule has 0 radical (unpaired) electrons. The van der Waals surface area contributed by atoms with Crippen LogP contribution in [0.25, 0.3) is 0 Å². The molecule has 7 heteroatoms. The highest BCUT2D eigenvalue weighted by molar-refractivity contribution is 5.99. The minimum atomic E-state index is -0.440. The molecule has 0 unspecified atom stereocenters. The Labute approximate surface area is 234 Å². The molecule has 0 aliphatic carbocycles. The second-order valence-electron chi connectivity index (χ2n) is 11.1. The SMILES string of the molecule is CCCN(CCC)C(=O)c1cccc(C(=O)N[C@@H](Cc2ccc(C)cc2)[C@@H](N)C[C@@H](C)C(=O)NCC(C)C)c1. The number of hydrogen-bond donors (Lipinski definition) is 3. The maximum absolute atomic E-state index is 13.4. The number of hydrogen-bond acceptors (Lipinski definition) is 4. The standard InChI is InChI=1S/C32H48N4O3/c1-7-16-36(17-8-2)32(39)27-11-9-10-26(20-27)31(38)35-29(19-25-14-12-23(5)13-15-25)28(33)18-24(6)30(37)34-21-22(3)4/h9-15,20,22,24,28-29H,7-8,16-19,21,33H2,1-6H3,(H,34,37)(H,35,38)/t24-,28+,29+/m1/s1. The Morgan fingerprint density at radius 2 is 1.54 bits per heavy atom. The molecular formula is C32H48N4O3. The van der Waals surface area contributed by atoms with Crippen molar-refractivity contribution in [1.29, 1.82) is 0 Å². The van der Waals surface area contributed by atoms with Crippen LogP contribution < -0.4 is 16.4 Å². The van der Waals surface area contributed by atoms with Crippen LogP contribution in [0, 0.1) is 18.8 Å². The van der Waals surface area contributed by atoms with Crippen molar-refractivity contribution in [3.63, 3.8) is 0 Å². The van der Waals surface area contributed by atoms with E-state index in [0.29, 0.717) is 49.5 Å². The molecule has 0 aromatic heterocycles. The molecular weight excluding hydrogens is 488 g/mol. The van der Waals surface area contributed by atoms with E-state index >= 15 is 0 Å². The minimum absolute atomic E-state index is 0.0329. The molecule has 3 amide bonds. The third-order valence-corrected chi connectivity index (χ3v) is 6.81. The first-order valence-electron chi connectivity index (χ1n) is 14.3. The number of carbonyl (C=O) groups excluding carboxylic acids is 3. The van der Waals surface area contributed by atoms with Gasteiger partial charge in [-0.2, -0.15) is 0 Å². The monoisotopic (exact) mass is 536 g/mol. The molecule has 2 rings (SSSR count). The highest BCUT2D eigenvalue weighted by Crippen LogP contribution is 2.16. The molecule has 2 aromatic rings. The summed E-state index contributed by atoms with van der Waals surface area (Å²) in [4.78, 5) is 41.0. The van der Waals surface area contributed by atoms with Gasteiger partial charge in [0.2, 0.25) is 5.91 Å². The summed E-state index contributed by atoms with van der Waals surface area (Å²) >= 11 is 0. The second-order valence-corrected chi connectivity index (χ2v) is 11.1. The number of aryl methyl sites for hydroxylation is 1. The van der Waals surface area contributed by atoms with E-state index in [0.717, 1.165) is 24.0 Å². The molecule has 0 saturated carbocycles. The molecule has 214 valence electrons. The third-order valence-electron chi connectivity index (χ3n) is 6.81. The predicted molar refractivity (Wildman–Crippen MR) is 159 cm³/mol. The molecule has 4 N–H and O–H groups in total. The van der Waals surface area contributed by atoms with Gasteiger partial charge in [-0.25, -0.2) is 0 Å². The van der Waals surface area contributed by atoms with Gasteiger partial charge in [0.05, 0.1) is 0 Å². The van der Waals surface area contributed by atoms with Crippen molar-refractivity contribution < 1.29 is 14.4 Å². The van der Waals surface area contributed by atoms with Gasteiger partial charge in [0.25, 0.3) is 11.8 Å². The average Bonchev–Trinajstić information content (AvgIpc) is 2.91. The van der Waals surface area contributed by atoms with Crippen molar-refractivity contribution in [1.82, 2.24) is 15.5 Å². The maximum atomic E-state index is 13.4. The smallest absolute Gasteiger partial charge is 0.253 e. The molecule has 0 saturated heterocycles. The van der Waals surface area contributed by atoms with E-state index in [1.54, 1.807) is 24.3 Å². The highest BCUT2D eigenvalue weighted by atomic mass is 16.2. The van der Waals surface area contributed by atoms with Crippen molar-refractivity contribution in [3.8, 4) is 0 Å². The fraction of sp³-hybridized carbons (Fsp3) is 0.531. The maximum Gasteiger partial charge on any atom is 0.253 e. The average molecular weight is 537 g/mol. The Morgan fingerprint density at radius 1 is 0.923 bits per heavy atom. The molecule has 0 bridgehead atoms. The number of amides is 3. The van der Waals surface area contributed by atoms with Gasteiger partial charge >= 0.3 is 0 Å². The topological polar surface area (TPSA) is 105 Å². The zero-order valence-corrected chi connectivity index (χ0v) is 24.6. The lowest BCUT2D eigenvalue weighted by Crippen LogP contribution is -2.50. The van der Waals surface area contributed by atoms with Gasteiger partial charge in [-0.1, -0.05) is 70.5 Å². The Hall–Kier alpha value is -3.19. The van der Waals surface area contributed by atoms with Gasteiger partial charge in [0.1, 0.15) is 0 Å². The van der Waals surface area contributed by atoms with Gasteiger partial charge in [-0.15, -0.1) is 0 Å². The molecule has 2 aromatic carbocycles. The van der Waals surface area contributed by atoms with Gasteiger partial charge in [0.15, 0.2) is 0 Å². The first-order chi connectivity index (χ1) is 18.5. The summed E-state index contributed by atoms with van der Waals surface area (Å²) in [5.41, 5.74) is 9.77. The van der Waals surface area contributed by atoms with Crippen LogP contribution in [-0.4, -0.2) is 54.3 Å². The molecule has 0 aliphatic rings. The lowest BCUT2D eigenvalue weighted by Gasteiger charge is -2.27. The number of nitrogens with two attached hydrogens (primary N) is 1. The summed E-state index contributed by atoms with van der Waals surface area (Å²) in [6.45, 7) is 14.1. The molecule has 3 atom stereocenters. The zero-order chi connectivity index (χ0) is 28.9. The Morgan fingerprint density at radius 3 is 2.13 bits per heavy atom. The highest BCUT2D eigenvalue weighted by Gasteiger charge is 2.26. The van der Waals surface area contributed by atoms with Crippen LogP contribution in [0.4, 0.5) is 0 Å². The van der Waals surface area contributed by atoms with Crippen LogP contribution in [0.2, 0.25) is 0 Å². The summed E-state index contributed by atoms with van der Waals surface area (Å²) in [7, 11) is 0. The Kier molecular flexibility index (Phi) is 13.2.